The number of ether oxygens (including phenoxy) is 1. The zero-order valence-corrected chi connectivity index (χ0v) is 14.4. The van der Waals surface area contributed by atoms with Crippen LogP contribution in [0.4, 0.5) is 0 Å². The average molecular weight is 324 g/mol. The molecule has 1 saturated carbocycles. The highest BCUT2D eigenvalue weighted by atomic mass is 16.5. The van der Waals surface area contributed by atoms with Crippen molar-refractivity contribution in [2.45, 2.75) is 44.8 Å². The molecule has 1 aliphatic carbocycles. The van der Waals surface area contributed by atoms with Crippen molar-refractivity contribution < 1.29 is 9.84 Å². The van der Waals surface area contributed by atoms with Gasteiger partial charge in [0, 0.05) is 51.2 Å². The Morgan fingerprint density at radius 2 is 2.04 bits per heavy atom. The van der Waals surface area contributed by atoms with E-state index in [9.17, 15) is 5.11 Å². The van der Waals surface area contributed by atoms with Crippen molar-refractivity contribution in [1.29, 1.82) is 0 Å². The molecule has 0 radical (unpaired) electrons. The minimum atomic E-state index is -0.152. The molecule has 0 spiro atoms. The predicted octanol–water partition coefficient (Wildman–Crippen LogP) is 0.519. The molecule has 2 aliphatic heterocycles. The van der Waals surface area contributed by atoms with Gasteiger partial charge in [-0.15, -0.1) is 0 Å². The molecule has 2 N–H and O–H groups in total. The zero-order valence-electron chi connectivity index (χ0n) is 14.4. The highest BCUT2D eigenvalue weighted by Gasteiger charge is 2.31. The molecule has 2 saturated heterocycles. The second-order valence-corrected chi connectivity index (χ2v) is 6.99. The number of likely N-dealkylation sites (tertiary alicyclic amines) is 1. The van der Waals surface area contributed by atoms with Crippen molar-refractivity contribution in [3.8, 4) is 0 Å². The summed E-state index contributed by atoms with van der Waals surface area (Å²) in [5.74, 6) is 1.38. The molecule has 0 amide bonds. The number of guanidine groups is 1. The van der Waals surface area contributed by atoms with Gasteiger partial charge in [0.25, 0.3) is 0 Å². The van der Waals surface area contributed by atoms with Gasteiger partial charge in [0.1, 0.15) is 0 Å². The van der Waals surface area contributed by atoms with Crippen molar-refractivity contribution in [2.75, 3.05) is 52.5 Å². The standard InChI is InChI=1S/C17H32N4O2/c1-2-18-17(19-12-14-4-3-5-16(14)22)21-7-6-15(13-21)20-8-10-23-11-9-20/h14-16,22H,2-13H2,1H3,(H,18,19). The number of hydrogen-bond donors (Lipinski definition) is 2. The molecule has 3 rings (SSSR count). The first-order valence-corrected chi connectivity index (χ1v) is 9.31. The fourth-order valence-corrected chi connectivity index (χ4v) is 4.03. The summed E-state index contributed by atoms with van der Waals surface area (Å²) in [6, 6.07) is 0.625. The van der Waals surface area contributed by atoms with Gasteiger partial charge in [-0.25, -0.2) is 0 Å². The maximum Gasteiger partial charge on any atom is 0.193 e. The van der Waals surface area contributed by atoms with Gasteiger partial charge in [-0.3, -0.25) is 9.89 Å². The highest BCUT2D eigenvalue weighted by molar-refractivity contribution is 5.80. The summed E-state index contributed by atoms with van der Waals surface area (Å²) in [5.41, 5.74) is 0. The second kappa shape index (κ2) is 8.31. The molecule has 0 bridgehead atoms. The summed E-state index contributed by atoms with van der Waals surface area (Å²) in [7, 11) is 0. The van der Waals surface area contributed by atoms with E-state index in [1.165, 1.54) is 6.42 Å². The average Bonchev–Trinajstić information content (AvgIpc) is 3.22. The Hall–Kier alpha value is -0.850. The third-order valence-corrected chi connectivity index (χ3v) is 5.45. The minimum absolute atomic E-state index is 0.152. The van der Waals surface area contributed by atoms with Gasteiger partial charge in [-0.2, -0.15) is 0 Å². The molecular formula is C17H32N4O2. The fraction of sp³-hybridized carbons (Fsp3) is 0.941. The van der Waals surface area contributed by atoms with E-state index in [0.29, 0.717) is 12.0 Å². The number of nitrogens with one attached hydrogen (secondary N) is 1. The van der Waals surface area contributed by atoms with Crippen molar-refractivity contribution >= 4 is 5.96 Å². The van der Waals surface area contributed by atoms with Crippen LogP contribution in [0.3, 0.4) is 0 Å². The van der Waals surface area contributed by atoms with E-state index < -0.39 is 0 Å². The topological polar surface area (TPSA) is 60.3 Å². The molecule has 6 nitrogen and oxygen atoms in total. The summed E-state index contributed by atoms with van der Waals surface area (Å²) >= 11 is 0. The molecule has 3 fully saturated rings. The molecule has 132 valence electrons. The Bertz CT molecular complexity index is 398. The second-order valence-electron chi connectivity index (χ2n) is 6.99. The number of rotatable bonds is 4. The van der Waals surface area contributed by atoms with Gasteiger partial charge < -0.3 is 20.1 Å². The third-order valence-electron chi connectivity index (χ3n) is 5.45. The van der Waals surface area contributed by atoms with Crippen LogP contribution in [-0.4, -0.2) is 85.5 Å². The zero-order chi connectivity index (χ0) is 16.1. The lowest BCUT2D eigenvalue weighted by Gasteiger charge is -2.32. The van der Waals surface area contributed by atoms with Crippen LogP contribution in [0, 0.1) is 5.92 Å². The maximum atomic E-state index is 9.99. The van der Waals surface area contributed by atoms with E-state index in [1.807, 2.05) is 0 Å². The molecule has 3 aliphatic rings. The van der Waals surface area contributed by atoms with Crippen LogP contribution in [0.2, 0.25) is 0 Å². The summed E-state index contributed by atoms with van der Waals surface area (Å²) in [4.78, 5) is 9.79. The molecule has 3 atom stereocenters. The molecule has 2 heterocycles. The van der Waals surface area contributed by atoms with Gasteiger partial charge >= 0.3 is 0 Å². The maximum absolute atomic E-state index is 9.99. The Labute approximate surface area is 139 Å². The molecule has 0 aromatic heterocycles. The predicted molar refractivity (Wildman–Crippen MR) is 91.7 cm³/mol. The lowest BCUT2D eigenvalue weighted by atomic mass is 10.1. The van der Waals surface area contributed by atoms with Crippen molar-refractivity contribution in [2.24, 2.45) is 10.9 Å². The minimum Gasteiger partial charge on any atom is -0.393 e. The van der Waals surface area contributed by atoms with E-state index >= 15 is 0 Å². The molecule has 6 heteroatoms. The van der Waals surface area contributed by atoms with E-state index in [-0.39, 0.29) is 6.10 Å². The number of hydrogen-bond acceptors (Lipinski definition) is 4. The lowest BCUT2D eigenvalue weighted by molar-refractivity contribution is 0.0195. The quantitative estimate of drug-likeness (QED) is 0.583. The molecule has 23 heavy (non-hydrogen) atoms. The fourth-order valence-electron chi connectivity index (χ4n) is 4.03. The summed E-state index contributed by atoms with van der Waals surface area (Å²) in [6.07, 6.45) is 4.25. The first kappa shape index (κ1) is 17.0. The van der Waals surface area contributed by atoms with Gasteiger partial charge in [0.15, 0.2) is 5.96 Å². The number of aliphatic hydroxyl groups is 1. The summed E-state index contributed by atoms with van der Waals surface area (Å²) < 4.78 is 5.46. The van der Waals surface area contributed by atoms with Crippen LogP contribution >= 0.6 is 0 Å². The van der Waals surface area contributed by atoms with Crippen molar-refractivity contribution in [1.82, 2.24) is 15.1 Å². The number of aliphatic imine (C=N–C) groups is 1. The van der Waals surface area contributed by atoms with Gasteiger partial charge in [0.05, 0.1) is 19.3 Å². The molecule has 0 aromatic carbocycles. The molecule has 0 aromatic rings. The van der Waals surface area contributed by atoms with E-state index in [4.69, 9.17) is 9.73 Å². The Kier molecular flexibility index (Phi) is 6.14. The van der Waals surface area contributed by atoms with E-state index in [0.717, 1.165) is 77.7 Å². The summed E-state index contributed by atoms with van der Waals surface area (Å²) in [5, 5.41) is 13.4. The van der Waals surface area contributed by atoms with E-state index in [2.05, 4.69) is 22.0 Å². The smallest absolute Gasteiger partial charge is 0.193 e. The van der Waals surface area contributed by atoms with Crippen LogP contribution in [-0.2, 0) is 4.74 Å². The van der Waals surface area contributed by atoms with Gasteiger partial charge in [0.2, 0.25) is 0 Å². The lowest BCUT2D eigenvalue weighted by Crippen LogP contribution is -2.46. The van der Waals surface area contributed by atoms with Gasteiger partial charge in [-0.1, -0.05) is 6.42 Å². The van der Waals surface area contributed by atoms with Crippen LogP contribution in [0.25, 0.3) is 0 Å². The monoisotopic (exact) mass is 324 g/mol. The Morgan fingerprint density at radius 3 is 2.74 bits per heavy atom. The van der Waals surface area contributed by atoms with Crippen molar-refractivity contribution in [3.05, 3.63) is 0 Å². The normalized spacial score (nSPS) is 33.4. The SMILES string of the molecule is CCNC(=NCC1CCCC1O)N1CCC(N2CCOCC2)C1. The highest BCUT2D eigenvalue weighted by Crippen LogP contribution is 2.26. The van der Waals surface area contributed by atoms with Crippen molar-refractivity contribution in [3.63, 3.8) is 0 Å². The van der Waals surface area contributed by atoms with Crippen LogP contribution < -0.4 is 5.32 Å². The van der Waals surface area contributed by atoms with E-state index in [1.54, 1.807) is 0 Å². The van der Waals surface area contributed by atoms with Crippen LogP contribution in [0.1, 0.15) is 32.6 Å². The number of aliphatic hydroxyl groups excluding tert-OH is 1. The number of morpholine rings is 1. The van der Waals surface area contributed by atoms with Crippen LogP contribution in [0.15, 0.2) is 4.99 Å². The molecular weight excluding hydrogens is 292 g/mol. The number of nitrogens with zero attached hydrogens (tertiary/aromatic N) is 3. The first-order chi connectivity index (χ1) is 11.3. The van der Waals surface area contributed by atoms with Crippen LogP contribution in [0.5, 0.6) is 0 Å². The summed E-state index contributed by atoms with van der Waals surface area (Å²) in [6.45, 7) is 9.73. The Morgan fingerprint density at radius 1 is 1.22 bits per heavy atom. The largest absolute Gasteiger partial charge is 0.393 e. The third kappa shape index (κ3) is 4.37. The molecule has 3 unspecified atom stereocenters. The Balaban J connectivity index is 1.55. The van der Waals surface area contributed by atoms with Gasteiger partial charge in [-0.05, 0) is 26.2 Å². The first-order valence-electron chi connectivity index (χ1n) is 9.31.